The second-order valence-electron chi connectivity index (χ2n) is 4.96. The maximum absolute atomic E-state index is 11.4. The molecule has 1 aliphatic rings. The Kier molecular flexibility index (Phi) is 8.63. The third kappa shape index (κ3) is 8.23. The van der Waals surface area contributed by atoms with Crippen LogP contribution in [0.2, 0.25) is 0 Å². The zero-order chi connectivity index (χ0) is 15.6. The number of methoxy groups -OCH3 is 1. The molecule has 0 spiro atoms. The summed E-state index contributed by atoms with van der Waals surface area (Å²) >= 11 is 0. The molecule has 0 aliphatic carbocycles. The van der Waals surface area contributed by atoms with Crippen LogP contribution < -0.4 is 10.6 Å². The molecule has 124 valence electrons. The molecule has 1 heterocycles. The van der Waals surface area contributed by atoms with Crippen LogP contribution in [-0.4, -0.2) is 71.9 Å². The van der Waals surface area contributed by atoms with Crippen molar-refractivity contribution < 1.29 is 17.9 Å². The van der Waals surface area contributed by atoms with Crippen LogP contribution in [0.25, 0.3) is 0 Å². The summed E-state index contributed by atoms with van der Waals surface area (Å²) in [5.41, 5.74) is 0. The van der Waals surface area contributed by atoms with Gasteiger partial charge in [0.2, 0.25) is 0 Å². The Morgan fingerprint density at radius 3 is 2.76 bits per heavy atom. The first kappa shape index (κ1) is 18.2. The molecule has 1 aliphatic heterocycles. The van der Waals surface area contributed by atoms with Crippen molar-refractivity contribution in [1.29, 1.82) is 0 Å². The van der Waals surface area contributed by atoms with Crippen molar-refractivity contribution in [3.8, 4) is 0 Å². The molecule has 7 nitrogen and oxygen atoms in total. The van der Waals surface area contributed by atoms with E-state index in [0.717, 1.165) is 13.0 Å². The summed E-state index contributed by atoms with van der Waals surface area (Å²) < 4.78 is 33.1. The van der Waals surface area contributed by atoms with Crippen LogP contribution in [0.5, 0.6) is 0 Å². The van der Waals surface area contributed by atoms with Crippen molar-refractivity contribution in [3.05, 3.63) is 0 Å². The summed E-state index contributed by atoms with van der Waals surface area (Å²) in [6, 6.07) is -0.0363. The molecule has 0 bridgehead atoms. The lowest BCUT2D eigenvalue weighted by Gasteiger charge is -2.15. The Bertz CT molecular complexity index is 412. The monoisotopic (exact) mass is 321 g/mol. The van der Waals surface area contributed by atoms with Crippen LogP contribution in [0.15, 0.2) is 4.99 Å². The van der Waals surface area contributed by atoms with E-state index in [4.69, 9.17) is 9.47 Å². The molecule has 0 aromatic heterocycles. The molecule has 0 aromatic carbocycles. The molecule has 1 fully saturated rings. The molecule has 2 N–H and O–H groups in total. The van der Waals surface area contributed by atoms with E-state index in [9.17, 15) is 8.42 Å². The average Bonchev–Trinajstić information content (AvgIpc) is 2.77. The summed E-state index contributed by atoms with van der Waals surface area (Å²) in [7, 11) is -1.23. The first-order chi connectivity index (χ1) is 10.1. The second-order valence-corrected chi connectivity index (χ2v) is 7.19. The predicted octanol–water partition coefficient (Wildman–Crippen LogP) is -0.218. The van der Waals surface area contributed by atoms with Crippen LogP contribution in [0.3, 0.4) is 0 Å². The van der Waals surface area contributed by atoms with E-state index in [1.807, 2.05) is 6.92 Å². The summed E-state index contributed by atoms with van der Waals surface area (Å²) in [4.78, 5) is 4.43. The van der Waals surface area contributed by atoms with E-state index in [1.165, 1.54) is 0 Å². The van der Waals surface area contributed by atoms with E-state index in [-0.39, 0.29) is 17.5 Å². The molecule has 8 heteroatoms. The molecule has 0 saturated carbocycles. The smallest absolute Gasteiger partial charge is 0.191 e. The number of ether oxygens (including phenoxy) is 2. The first-order valence-electron chi connectivity index (χ1n) is 7.39. The van der Waals surface area contributed by atoms with Crippen LogP contribution in [0.1, 0.15) is 19.8 Å². The van der Waals surface area contributed by atoms with Gasteiger partial charge in [0.1, 0.15) is 0 Å². The normalized spacial score (nSPS) is 21.4. The quantitative estimate of drug-likeness (QED) is 0.347. The molecule has 0 amide bonds. The molecule has 21 heavy (non-hydrogen) atoms. The van der Waals surface area contributed by atoms with Gasteiger partial charge in [0.25, 0.3) is 0 Å². The maximum atomic E-state index is 11.4. The lowest BCUT2D eigenvalue weighted by molar-refractivity contribution is 0.0702. The lowest BCUT2D eigenvalue weighted by Crippen LogP contribution is -2.44. The van der Waals surface area contributed by atoms with Crippen LogP contribution >= 0.6 is 0 Å². The van der Waals surface area contributed by atoms with E-state index in [1.54, 1.807) is 7.11 Å². The number of rotatable bonds is 9. The van der Waals surface area contributed by atoms with E-state index < -0.39 is 9.84 Å². The van der Waals surface area contributed by atoms with Crippen LogP contribution in [0.4, 0.5) is 0 Å². The zero-order valence-electron chi connectivity index (χ0n) is 12.9. The van der Waals surface area contributed by atoms with Crippen LogP contribution in [-0.2, 0) is 19.3 Å². The topological polar surface area (TPSA) is 89.0 Å². The number of hydrogen-bond acceptors (Lipinski definition) is 5. The highest BCUT2D eigenvalue weighted by atomic mass is 32.2. The molecule has 1 unspecified atom stereocenters. The third-order valence-electron chi connectivity index (χ3n) is 3.07. The highest BCUT2D eigenvalue weighted by Gasteiger charge is 2.28. The van der Waals surface area contributed by atoms with Gasteiger partial charge in [0, 0.05) is 32.8 Å². The number of sulfone groups is 1. The van der Waals surface area contributed by atoms with Gasteiger partial charge in [0.05, 0.1) is 24.7 Å². The fraction of sp³-hybridized carbons (Fsp3) is 0.923. The van der Waals surface area contributed by atoms with Gasteiger partial charge in [-0.1, -0.05) is 0 Å². The molecule has 1 atom stereocenters. The number of guanidine groups is 1. The first-order valence-corrected chi connectivity index (χ1v) is 9.21. The Labute approximate surface area is 127 Å². The summed E-state index contributed by atoms with van der Waals surface area (Å²) in [6.07, 6.45) is 1.47. The third-order valence-corrected chi connectivity index (χ3v) is 4.83. The molecular formula is C13H27N3O4S. The van der Waals surface area contributed by atoms with Gasteiger partial charge in [-0.25, -0.2) is 8.42 Å². The highest BCUT2D eigenvalue weighted by molar-refractivity contribution is 7.91. The van der Waals surface area contributed by atoms with Crippen LogP contribution in [0, 0.1) is 0 Å². The van der Waals surface area contributed by atoms with Gasteiger partial charge < -0.3 is 20.1 Å². The van der Waals surface area contributed by atoms with Gasteiger partial charge in [-0.05, 0) is 19.8 Å². The average molecular weight is 321 g/mol. The van der Waals surface area contributed by atoms with Crippen molar-refractivity contribution in [2.75, 3.05) is 51.5 Å². The lowest BCUT2D eigenvalue weighted by atomic mass is 10.3. The fourth-order valence-corrected chi connectivity index (χ4v) is 3.70. The Hall–Kier alpha value is -0.860. The van der Waals surface area contributed by atoms with Gasteiger partial charge >= 0.3 is 0 Å². The molecule has 1 saturated heterocycles. The summed E-state index contributed by atoms with van der Waals surface area (Å²) in [5, 5.41) is 6.31. The maximum Gasteiger partial charge on any atom is 0.191 e. The molecule has 1 rings (SSSR count). The van der Waals surface area contributed by atoms with Crippen molar-refractivity contribution >= 4 is 15.8 Å². The second kappa shape index (κ2) is 9.97. The van der Waals surface area contributed by atoms with E-state index in [2.05, 4.69) is 15.6 Å². The minimum Gasteiger partial charge on any atom is -0.382 e. The Balaban J connectivity index is 2.26. The van der Waals surface area contributed by atoms with Crippen molar-refractivity contribution in [1.82, 2.24) is 10.6 Å². The van der Waals surface area contributed by atoms with Crippen molar-refractivity contribution in [2.24, 2.45) is 4.99 Å². The Morgan fingerprint density at radius 1 is 1.33 bits per heavy atom. The number of nitrogens with zero attached hydrogens (tertiary/aromatic N) is 1. The minimum absolute atomic E-state index is 0.0363. The summed E-state index contributed by atoms with van der Waals surface area (Å²) in [6.45, 7) is 5.21. The highest BCUT2D eigenvalue weighted by Crippen LogP contribution is 2.10. The predicted molar refractivity (Wildman–Crippen MR) is 83.5 cm³/mol. The largest absolute Gasteiger partial charge is 0.382 e. The molecule has 0 aromatic rings. The minimum atomic E-state index is -2.87. The van der Waals surface area contributed by atoms with Gasteiger partial charge in [-0.3, -0.25) is 4.99 Å². The van der Waals surface area contributed by atoms with E-state index >= 15 is 0 Å². The fourth-order valence-electron chi connectivity index (χ4n) is 2.02. The number of nitrogens with one attached hydrogen (secondary N) is 2. The molecule has 0 radical (unpaired) electrons. The number of hydrogen-bond donors (Lipinski definition) is 2. The van der Waals surface area contributed by atoms with E-state index in [0.29, 0.717) is 38.7 Å². The van der Waals surface area contributed by atoms with Crippen molar-refractivity contribution in [3.63, 3.8) is 0 Å². The number of aliphatic imine (C=N–C) groups is 1. The summed E-state index contributed by atoms with van der Waals surface area (Å²) in [5.74, 6) is 1.13. The van der Waals surface area contributed by atoms with Crippen molar-refractivity contribution in [2.45, 2.75) is 25.8 Å². The Morgan fingerprint density at radius 2 is 2.14 bits per heavy atom. The zero-order valence-corrected chi connectivity index (χ0v) is 13.7. The van der Waals surface area contributed by atoms with Gasteiger partial charge in [-0.2, -0.15) is 0 Å². The van der Waals surface area contributed by atoms with Gasteiger partial charge in [-0.15, -0.1) is 0 Å². The van der Waals surface area contributed by atoms with Gasteiger partial charge in [0.15, 0.2) is 15.8 Å². The standard InChI is InChI=1S/C13H27N3O4S/c1-3-14-13(15-6-4-7-20-9-8-19-2)16-12-5-10-21(17,18)11-12/h12H,3-11H2,1-2H3,(H2,14,15,16). The molecular weight excluding hydrogens is 294 g/mol. The SMILES string of the molecule is CCNC(=NCCCOCCOC)NC1CCS(=O)(=O)C1.